The molecule has 57 heavy (non-hydrogen) atoms. The molecule has 0 radical (unpaired) electrons. The number of tetrazole rings is 1. The van der Waals surface area contributed by atoms with E-state index in [1.54, 1.807) is 30.3 Å². The molecule has 2 bridgehead atoms. The number of nitriles is 1. The summed E-state index contributed by atoms with van der Waals surface area (Å²) < 4.78 is 43.5. The predicted octanol–water partition coefficient (Wildman–Crippen LogP) is 3.83. The van der Waals surface area contributed by atoms with Crippen LogP contribution in [0.5, 0.6) is 11.6 Å². The summed E-state index contributed by atoms with van der Waals surface area (Å²) in [6.45, 7) is 7.79. The minimum atomic E-state index is -0.284. The largest absolute Gasteiger partial charge is 0.487 e. The monoisotopic (exact) mass is 787 g/mol. The Morgan fingerprint density at radius 3 is 2.19 bits per heavy atom. The third-order valence-corrected chi connectivity index (χ3v) is 10.6. The van der Waals surface area contributed by atoms with E-state index in [1.165, 1.54) is 19.2 Å². The first-order valence-electron chi connectivity index (χ1n) is 19.9. The zero-order valence-electron chi connectivity index (χ0n) is 32.8. The standard InChI is InChI=1S/C39H53N11O7/c1-28(23-48-27-43-46-47-48)57-37-19-29(3-4-30(37)20-40)31-21-41-39(42-22-31)44-36-24-49(32-5-7-33(8-6-32)50-34-9-10-35(50)26-55-25-34)45-38(36)56-18-17-54-16-15-53-14-13-52-12-11-51-2/h3-4,19,21-22,24,27-28,32-35H,5-18,23,25-26H2,1-2H3,(H,41,42,44)/t28-,32-,33-,34-,35+/m0/s1. The number of nitrogens with zero attached hydrogens (tertiary/aromatic N) is 10. The van der Waals surface area contributed by atoms with Crippen LogP contribution in [0.15, 0.2) is 43.1 Å². The van der Waals surface area contributed by atoms with E-state index in [-0.39, 0.29) is 12.1 Å². The highest BCUT2D eigenvalue weighted by Crippen LogP contribution is 2.39. The molecule has 1 N–H and O–H groups in total. The molecule has 0 amide bonds. The number of ether oxygens (including phenoxy) is 7. The van der Waals surface area contributed by atoms with Crippen LogP contribution in [-0.2, 0) is 30.2 Å². The predicted molar refractivity (Wildman–Crippen MR) is 206 cm³/mol. The molecule has 3 atom stereocenters. The first kappa shape index (κ1) is 40.4. The van der Waals surface area contributed by atoms with Crippen LogP contribution in [0.25, 0.3) is 11.1 Å². The molecule has 1 saturated carbocycles. The molecule has 18 heteroatoms. The van der Waals surface area contributed by atoms with Crippen molar-refractivity contribution in [1.82, 2.24) is 44.9 Å². The SMILES string of the molecule is COCCOCCOCCOCCOc1nn([C@H]2CC[C@H](N3[C@@H]4CC[C@H]3COC4)CC2)cc1Nc1ncc(-c2ccc(C#N)c(O[C@@H](C)Cn3cnnn3)c2)cn1. The molecule has 2 saturated heterocycles. The molecule has 3 fully saturated rings. The zero-order valence-corrected chi connectivity index (χ0v) is 32.8. The summed E-state index contributed by atoms with van der Waals surface area (Å²) in [6.07, 6.45) is 13.6. The Morgan fingerprint density at radius 2 is 1.53 bits per heavy atom. The fourth-order valence-electron chi connectivity index (χ4n) is 7.85. The van der Waals surface area contributed by atoms with Crippen molar-refractivity contribution in [1.29, 1.82) is 5.26 Å². The number of hydrogen-bond donors (Lipinski definition) is 1. The lowest BCUT2D eigenvalue weighted by atomic mass is 9.89. The van der Waals surface area contributed by atoms with E-state index in [9.17, 15) is 5.26 Å². The Bertz CT molecular complexity index is 1830. The normalized spacial score (nSPS) is 21.3. The van der Waals surface area contributed by atoms with E-state index in [4.69, 9.17) is 38.3 Å². The molecule has 1 aliphatic carbocycles. The van der Waals surface area contributed by atoms with Gasteiger partial charge in [-0.05, 0) is 73.6 Å². The van der Waals surface area contributed by atoms with Gasteiger partial charge in [0.2, 0.25) is 5.95 Å². The molecule has 5 heterocycles. The average Bonchev–Trinajstić information content (AvgIpc) is 3.96. The van der Waals surface area contributed by atoms with Gasteiger partial charge in [-0.25, -0.2) is 14.6 Å². The van der Waals surface area contributed by atoms with Gasteiger partial charge in [-0.15, -0.1) is 10.2 Å². The van der Waals surface area contributed by atoms with Crippen LogP contribution in [0, 0.1) is 11.3 Å². The molecule has 3 aromatic heterocycles. The summed E-state index contributed by atoms with van der Waals surface area (Å²) in [6, 6.07) is 9.60. The molecule has 3 aliphatic rings. The quantitative estimate of drug-likeness (QED) is 0.113. The number of aromatic nitrogens is 8. The minimum absolute atomic E-state index is 0.261. The molecule has 0 spiro atoms. The summed E-state index contributed by atoms with van der Waals surface area (Å²) in [5.41, 5.74) is 2.67. The molecular formula is C39H53N11O7. The Hall–Kier alpha value is -4.77. The highest BCUT2D eigenvalue weighted by atomic mass is 16.6. The van der Waals surface area contributed by atoms with Gasteiger partial charge < -0.3 is 38.5 Å². The van der Waals surface area contributed by atoms with E-state index in [0.29, 0.717) is 106 Å². The van der Waals surface area contributed by atoms with Crippen LogP contribution in [-0.4, -0.2) is 142 Å². The summed E-state index contributed by atoms with van der Waals surface area (Å²) in [5, 5.41) is 29.2. The lowest BCUT2D eigenvalue weighted by Gasteiger charge is -2.43. The molecular weight excluding hydrogens is 734 g/mol. The van der Waals surface area contributed by atoms with Crippen molar-refractivity contribution in [2.45, 2.75) is 82.3 Å². The summed E-state index contributed by atoms with van der Waals surface area (Å²) in [5.74, 6) is 1.32. The van der Waals surface area contributed by atoms with Gasteiger partial charge in [0.25, 0.3) is 5.88 Å². The molecule has 306 valence electrons. The third kappa shape index (κ3) is 11.0. The number of rotatable bonds is 22. The molecule has 2 aliphatic heterocycles. The lowest BCUT2D eigenvalue weighted by molar-refractivity contribution is -0.0458. The van der Waals surface area contributed by atoms with Crippen LogP contribution in [0.4, 0.5) is 11.6 Å². The van der Waals surface area contributed by atoms with Crippen LogP contribution in [0.1, 0.15) is 57.1 Å². The van der Waals surface area contributed by atoms with Crippen LogP contribution in [0.3, 0.4) is 0 Å². The van der Waals surface area contributed by atoms with Gasteiger partial charge in [-0.2, -0.15) is 5.26 Å². The Morgan fingerprint density at radius 1 is 0.860 bits per heavy atom. The Balaban J connectivity index is 0.968. The number of fused-ring (bicyclic) bond motifs is 2. The second-order valence-corrected chi connectivity index (χ2v) is 14.5. The number of morpholine rings is 1. The van der Waals surface area contributed by atoms with Gasteiger partial charge in [-0.1, -0.05) is 6.07 Å². The van der Waals surface area contributed by atoms with E-state index in [0.717, 1.165) is 50.0 Å². The topological polar surface area (TPSA) is 191 Å². The third-order valence-electron chi connectivity index (χ3n) is 10.6. The number of nitrogens with one attached hydrogen (secondary N) is 1. The first-order valence-corrected chi connectivity index (χ1v) is 19.9. The van der Waals surface area contributed by atoms with E-state index >= 15 is 0 Å². The van der Waals surface area contributed by atoms with Crippen molar-refractivity contribution in [3.63, 3.8) is 0 Å². The van der Waals surface area contributed by atoms with Crippen molar-refractivity contribution < 1.29 is 33.2 Å². The first-order chi connectivity index (χ1) is 28.1. The maximum atomic E-state index is 9.73. The molecule has 7 rings (SSSR count). The average molecular weight is 788 g/mol. The second kappa shape index (κ2) is 20.6. The van der Waals surface area contributed by atoms with E-state index in [2.05, 4.69) is 41.8 Å². The van der Waals surface area contributed by atoms with Gasteiger partial charge in [0.1, 0.15) is 36.5 Å². The van der Waals surface area contributed by atoms with Gasteiger partial charge in [0.05, 0.1) is 83.8 Å². The number of benzene rings is 1. The number of methoxy groups -OCH3 is 1. The molecule has 18 nitrogen and oxygen atoms in total. The van der Waals surface area contributed by atoms with Crippen molar-refractivity contribution in [3.05, 3.63) is 48.7 Å². The highest BCUT2D eigenvalue weighted by molar-refractivity contribution is 5.67. The Kier molecular flexibility index (Phi) is 14.6. The molecule has 4 aromatic rings. The van der Waals surface area contributed by atoms with Gasteiger partial charge in [0, 0.05) is 43.2 Å². The summed E-state index contributed by atoms with van der Waals surface area (Å²) >= 11 is 0. The Labute approximate surface area is 332 Å². The fraction of sp³-hybridized carbons (Fsp3) is 0.615. The lowest BCUT2D eigenvalue weighted by Crippen LogP contribution is -2.52. The maximum absolute atomic E-state index is 9.73. The van der Waals surface area contributed by atoms with Crippen molar-refractivity contribution in [2.75, 3.05) is 78.5 Å². The smallest absolute Gasteiger partial charge is 0.257 e. The highest BCUT2D eigenvalue weighted by Gasteiger charge is 2.42. The van der Waals surface area contributed by atoms with Crippen LogP contribution < -0.4 is 14.8 Å². The van der Waals surface area contributed by atoms with E-state index in [1.807, 2.05) is 29.9 Å². The second-order valence-electron chi connectivity index (χ2n) is 14.5. The summed E-state index contributed by atoms with van der Waals surface area (Å²) in [7, 11) is 1.65. The van der Waals surface area contributed by atoms with Crippen LogP contribution >= 0.6 is 0 Å². The minimum Gasteiger partial charge on any atom is -0.487 e. The van der Waals surface area contributed by atoms with E-state index < -0.39 is 0 Å². The van der Waals surface area contributed by atoms with Gasteiger partial charge in [-0.3, -0.25) is 9.58 Å². The number of anilines is 2. The maximum Gasteiger partial charge on any atom is 0.257 e. The molecule has 1 aromatic carbocycles. The zero-order chi connectivity index (χ0) is 39.2. The van der Waals surface area contributed by atoms with Gasteiger partial charge >= 0.3 is 0 Å². The summed E-state index contributed by atoms with van der Waals surface area (Å²) in [4.78, 5) is 12.0. The fourth-order valence-corrected chi connectivity index (χ4v) is 7.85. The van der Waals surface area contributed by atoms with Crippen molar-refractivity contribution in [3.8, 4) is 28.8 Å². The van der Waals surface area contributed by atoms with Crippen molar-refractivity contribution >= 4 is 11.6 Å². The van der Waals surface area contributed by atoms with Crippen molar-refractivity contribution in [2.24, 2.45) is 0 Å². The van der Waals surface area contributed by atoms with Gasteiger partial charge in [0.15, 0.2) is 0 Å². The number of hydrogen-bond acceptors (Lipinski definition) is 16. The van der Waals surface area contributed by atoms with Crippen LogP contribution in [0.2, 0.25) is 0 Å². The molecule has 0 unspecified atom stereocenters.